The maximum Gasteiger partial charge on any atom is 0.242 e. The molecule has 2 unspecified atom stereocenters. The molecule has 0 amide bonds. The molecule has 2 rings (SSSR count). The average Bonchev–Trinajstić information content (AvgIpc) is 2.84. The van der Waals surface area contributed by atoms with Crippen molar-refractivity contribution in [1.29, 1.82) is 0 Å². The first-order valence-electron chi connectivity index (χ1n) is 6.24. The van der Waals surface area contributed by atoms with Crippen molar-refractivity contribution in [1.82, 2.24) is 9.71 Å². The van der Waals surface area contributed by atoms with Gasteiger partial charge in [-0.3, -0.25) is 4.98 Å². The fourth-order valence-electron chi connectivity index (χ4n) is 2.46. The smallest absolute Gasteiger partial charge is 0.242 e. The summed E-state index contributed by atoms with van der Waals surface area (Å²) in [5.74, 6) is -0.397. The fourth-order valence-corrected chi connectivity index (χ4v) is 3.53. The summed E-state index contributed by atoms with van der Waals surface area (Å²) in [5.41, 5.74) is 0. The molecule has 0 spiro atoms. The fraction of sp³-hybridized carbons (Fsp3) is 0.583. The average molecular weight is 288 g/mol. The van der Waals surface area contributed by atoms with Crippen LogP contribution in [0.1, 0.15) is 19.3 Å². The molecule has 0 aliphatic heterocycles. The molecule has 1 fully saturated rings. The first-order valence-corrected chi connectivity index (χ1v) is 7.72. The van der Waals surface area contributed by atoms with Crippen LogP contribution in [0, 0.1) is 17.7 Å². The normalized spacial score (nSPS) is 23.7. The molecular weight excluding hydrogens is 271 g/mol. The van der Waals surface area contributed by atoms with E-state index in [1.807, 2.05) is 0 Å². The first kappa shape index (κ1) is 14.4. The molecule has 1 aromatic heterocycles. The van der Waals surface area contributed by atoms with Gasteiger partial charge in [-0.05, 0) is 30.7 Å². The molecule has 1 aromatic rings. The van der Waals surface area contributed by atoms with Crippen molar-refractivity contribution >= 4 is 10.0 Å². The van der Waals surface area contributed by atoms with E-state index in [1.165, 1.54) is 0 Å². The van der Waals surface area contributed by atoms with Crippen LogP contribution in [0.5, 0.6) is 0 Å². The highest BCUT2D eigenvalue weighted by atomic mass is 32.2. The van der Waals surface area contributed by atoms with Crippen molar-refractivity contribution in [3.63, 3.8) is 0 Å². The molecule has 2 N–H and O–H groups in total. The second kappa shape index (κ2) is 5.94. The van der Waals surface area contributed by atoms with Gasteiger partial charge in [0.2, 0.25) is 10.0 Å². The highest BCUT2D eigenvalue weighted by Crippen LogP contribution is 2.30. The van der Waals surface area contributed by atoms with E-state index in [4.69, 9.17) is 0 Å². The Labute approximate surface area is 111 Å². The summed E-state index contributed by atoms with van der Waals surface area (Å²) in [5, 5.41) is 9.18. The molecule has 1 aliphatic carbocycles. The van der Waals surface area contributed by atoms with Gasteiger partial charge in [-0.15, -0.1) is 0 Å². The lowest BCUT2D eigenvalue weighted by Crippen LogP contribution is -2.31. The van der Waals surface area contributed by atoms with Gasteiger partial charge in [0.05, 0.1) is 6.20 Å². The van der Waals surface area contributed by atoms with E-state index in [1.54, 1.807) is 0 Å². The van der Waals surface area contributed by atoms with Gasteiger partial charge >= 0.3 is 0 Å². The van der Waals surface area contributed by atoms with Gasteiger partial charge < -0.3 is 5.11 Å². The molecule has 0 bridgehead atoms. The van der Waals surface area contributed by atoms with Crippen LogP contribution in [0.25, 0.3) is 0 Å². The molecular formula is C12H17FN2O3S. The topological polar surface area (TPSA) is 79.3 Å². The maximum atomic E-state index is 13.0. The summed E-state index contributed by atoms with van der Waals surface area (Å²) in [6.07, 6.45) is 4.89. The van der Waals surface area contributed by atoms with Crippen molar-refractivity contribution < 1.29 is 17.9 Å². The van der Waals surface area contributed by atoms with E-state index in [9.17, 15) is 17.9 Å². The lowest BCUT2D eigenvalue weighted by atomic mass is 9.97. The number of aromatic nitrogens is 1. The number of nitrogens with zero attached hydrogens (tertiary/aromatic N) is 1. The predicted octanol–water partition coefficient (Wildman–Crippen LogP) is 0.908. The Kier molecular flexibility index (Phi) is 4.49. The zero-order valence-corrected chi connectivity index (χ0v) is 11.2. The largest absolute Gasteiger partial charge is 0.396 e. The number of pyridine rings is 1. The van der Waals surface area contributed by atoms with Crippen LogP contribution in [0.15, 0.2) is 23.4 Å². The second-order valence-corrected chi connectivity index (χ2v) is 6.59. The Bertz CT molecular complexity index is 536. The van der Waals surface area contributed by atoms with E-state index in [2.05, 4.69) is 9.71 Å². The lowest BCUT2D eigenvalue weighted by molar-refractivity contribution is 0.195. The number of halogens is 1. The summed E-state index contributed by atoms with van der Waals surface area (Å²) in [4.78, 5) is 3.35. The number of hydrogen-bond donors (Lipinski definition) is 2. The highest BCUT2D eigenvalue weighted by Gasteiger charge is 2.28. The Morgan fingerprint density at radius 3 is 2.79 bits per heavy atom. The standard InChI is InChI=1S/C12H17FN2O3S/c13-11-4-12(7-14-6-11)19(17,18)15-5-9-2-1-3-10(9)8-16/h4,6-7,9-10,15-16H,1-3,5,8H2. The van der Waals surface area contributed by atoms with E-state index < -0.39 is 15.8 Å². The maximum absolute atomic E-state index is 13.0. The Morgan fingerprint density at radius 1 is 1.37 bits per heavy atom. The van der Waals surface area contributed by atoms with E-state index in [0.29, 0.717) is 0 Å². The molecule has 5 nitrogen and oxygen atoms in total. The van der Waals surface area contributed by atoms with Crippen LogP contribution in [0.3, 0.4) is 0 Å². The molecule has 1 aliphatic rings. The summed E-state index contributed by atoms with van der Waals surface area (Å²) in [6.45, 7) is 0.345. The van der Waals surface area contributed by atoms with E-state index >= 15 is 0 Å². The van der Waals surface area contributed by atoms with Gasteiger partial charge in [0, 0.05) is 19.3 Å². The Balaban J connectivity index is 2.02. The second-order valence-electron chi connectivity index (χ2n) is 4.82. The van der Waals surface area contributed by atoms with Gasteiger partial charge in [0.15, 0.2) is 0 Å². The molecule has 0 aromatic carbocycles. The minimum absolute atomic E-state index is 0.0773. The third-order valence-corrected chi connectivity index (χ3v) is 4.97. The van der Waals surface area contributed by atoms with Crippen LogP contribution >= 0.6 is 0 Å². The summed E-state index contributed by atoms with van der Waals surface area (Å²) < 4.78 is 39.3. The van der Waals surface area contributed by atoms with Gasteiger partial charge in [0.25, 0.3) is 0 Å². The van der Waals surface area contributed by atoms with Gasteiger partial charge in [-0.25, -0.2) is 17.5 Å². The molecule has 1 saturated carbocycles. The lowest BCUT2D eigenvalue weighted by Gasteiger charge is -2.17. The number of sulfonamides is 1. The summed E-state index contributed by atoms with van der Waals surface area (Å²) >= 11 is 0. The molecule has 19 heavy (non-hydrogen) atoms. The van der Waals surface area contributed by atoms with Crippen LogP contribution in [0.4, 0.5) is 4.39 Å². The first-order chi connectivity index (χ1) is 9.03. The van der Waals surface area contributed by atoms with Crippen molar-refractivity contribution in [2.24, 2.45) is 11.8 Å². The molecule has 106 valence electrons. The Morgan fingerprint density at radius 2 is 2.11 bits per heavy atom. The number of aliphatic hydroxyl groups excluding tert-OH is 1. The molecule has 7 heteroatoms. The third kappa shape index (κ3) is 3.49. The van der Waals surface area contributed by atoms with Crippen molar-refractivity contribution in [3.8, 4) is 0 Å². The zero-order valence-electron chi connectivity index (χ0n) is 10.4. The van der Waals surface area contributed by atoms with Crippen molar-refractivity contribution in [3.05, 3.63) is 24.3 Å². The summed E-state index contributed by atoms with van der Waals surface area (Å²) in [6, 6.07) is 0.938. The van der Waals surface area contributed by atoms with Crippen LogP contribution in [-0.4, -0.2) is 31.7 Å². The summed E-state index contributed by atoms with van der Waals surface area (Å²) in [7, 11) is -3.74. The van der Waals surface area contributed by atoms with Gasteiger partial charge in [-0.2, -0.15) is 0 Å². The van der Waals surface area contributed by atoms with E-state index in [-0.39, 0.29) is 29.9 Å². The number of rotatable bonds is 5. The number of aliphatic hydroxyl groups is 1. The molecule has 2 atom stereocenters. The third-order valence-electron chi connectivity index (χ3n) is 3.58. The van der Waals surface area contributed by atoms with Gasteiger partial charge in [0.1, 0.15) is 10.7 Å². The highest BCUT2D eigenvalue weighted by molar-refractivity contribution is 7.89. The van der Waals surface area contributed by atoms with Crippen molar-refractivity contribution in [2.75, 3.05) is 13.2 Å². The minimum atomic E-state index is -3.74. The SMILES string of the molecule is O=S(=O)(NCC1CCCC1CO)c1cncc(F)c1. The zero-order chi connectivity index (χ0) is 13.9. The van der Waals surface area contributed by atoms with Crippen LogP contribution < -0.4 is 4.72 Å². The molecule has 0 saturated heterocycles. The van der Waals surface area contributed by atoms with Crippen LogP contribution in [0.2, 0.25) is 0 Å². The Hall–Kier alpha value is -1.05. The van der Waals surface area contributed by atoms with Crippen LogP contribution in [-0.2, 0) is 10.0 Å². The predicted molar refractivity (Wildman–Crippen MR) is 67.3 cm³/mol. The minimum Gasteiger partial charge on any atom is -0.396 e. The van der Waals surface area contributed by atoms with Crippen molar-refractivity contribution in [2.45, 2.75) is 24.2 Å². The molecule has 0 radical (unpaired) electrons. The molecule has 1 heterocycles. The van der Waals surface area contributed by atoms with Gasteiger partial charge in [-0.1, -0.05) is 6.42 Å². The quantitative estimate of drug-likeness (QED) is 0.844. The van der Waals surface area contributed by atoms with E-state index in [0.717, 1.165) is 37.7 Å². The number of hydrogen-bond acceptors (Lipinski definition) is 4. The number of nitrogens with one attached hydrogen (secondary N) is 1. The monoisotopic (exact) mass is 288 g/mol.